The summed E-state index contributed by atoms with van der Waals surface area (Å²) in [4.78, 5) is 11.7. The van der Waals surface area contributed by atoms with Crippen LogP contribution in [0.5, 0.6) is 0 Å². The molecule has 2 aromatic heterocycles. The summed E-state index contributed by atoms with van der Waals surface area (Å²) in [5.41, 5.74) is 3.68. The summed E-state index contributed by atoms with van der Waals surface area (Å²) < 4.78 is 5.83. The van der Waals surface area contributed by atoms with E-state index in [9.17, 15) is 5.11 Å². The van der Waals surface area contributed by atoms with E-state index in [0.717, 1.165) is 66.9 Å². The molecule has 3 aromatic rings. The van der Waals surface area contributed by atoms with Gasteiger partial charge < -0.3 is 14.7 Å². The van der Waals surface area contributed by atoms with Gasteiger partial charge in [0.05, 0.1) is 42.9 Å². The number of nitrogens with one attached hydrogen (secondary N) is 1. The fourth-order valence-electron chi connectivity index (χ4n) is 4.62. The van der Waals surface area contributed by atoms with Crippen LogP contribution in [0.25, 0.3) is 22.2 Å². The topological polar surface area (TPSA) is 87.2 Å². The Bertz CT molecular complexity index is 993. The second-order valence-corrected chi connectivity index (χ2v) is 8.17. The van der Waals surface area contributed by atoms with Gasteiger partial charge in [0, 0.05) is 24.0 Å². The molecule has 2 fully saturated rings. The Hall–Kier alpha value is -2.51. The molecule has 7 heteroatoms. The molecule has 0 aliphatic carbocycles. The van der Waals surface area contributed by atoms with Crippen LogP contribution in [0.4, 0.5) is 5.82 Å². The van der Waals surface area contributed by atoms with Crippen molar-refractivity contribution in [1.29, 1.82) is 0 Å². The highest BCUT2D eigenvalue weighted by molar-refractivity contribution is 5.83. The van der Waals surface area contributed by atoms with Gasteiger partial charge in [-0.2, -0.15) is 5.10 Å². The largest absolute Gasteiger partial charge is 0.390 e. The standard InChI is InChI=1S/C21H25N5O2/c1-14-9-21(13-28-14)4-6-26(7-5-21)20-19(12-27)24-18(11-22-20)15-2-3-17-16(8-15)10-23-25-17/h2-3,8,10-11,14,27H,4-7,9,12-13H2,1H3,(H,23,25)/t14-/m0/s1. The van der Waals surface area contributed by atoms with Crippen LogP contribution >= 0.6 is 0 Å². The monoisotopic (exact) mass is 379 g/mol. The van der Waals surface area contributed by atoms with Gasteiger partial charge in [-0.1, -0.05) is 6.07 Å². The third-order valence-electron chi connectivity index (χ3n) is 6.23. The summed E-state index contributed by atoms with van der Waals surface area (Å²) in [6.45, 7) is 4.77. The smallest absolute Gasteiger partial charge is 0.152 e. The molecule has 1 atom stereocenters. The highest BCUT2D eigenvalue weighted by Gasteiger charge is 2.41. The minimum absolute atomic E-state index is 0.119. The Balaban J connectivity index is 1.39. The van der Waals surface area contributed by atoms with Crippen LogP contribution in [-0.4, -0.2) is 51.1 Å². The van der Waals surface area contributed by atoms with Crippen LogP contribution in [0.1, 0.15) is 31.9 Å². The Kier molecular flexibility index (Phi) is 4.29. The first-order valence-corrected chi connectivity index (χ1v) is 9.93. The molecule has 2 aliphatic heterocycles. The van der Waals surface area contributed by atoms with E-state index in [1.165, 1.54) is 0 Å². The summed E-state index contributed by atoms with van der Waals surface area (Å²) in [7, 11) is 0. The van der Waals surface area contributed by atoms with Gasteiger partial charge in [-0.25, -0.2) is 9.97 Å². The maximum absolute atomic E-state index is 9.93. The van der Waals surface area contributed by atoms with Crippen molar-refractivity contribution < 1.29 is 9.84 Å². The molecule has 4 heterocycles. The molecule has 1 aromatic carbocycles. The van der Waals surface area contributed by atoms with E-state index in [1.54, 1.807) is 12.4 Å². The minimum Gasteiger partial charge on any atom is -0.390 e. The Morgan fingerprint density at radius 2 is 2.14 bits per heavy atom. The van der Waals surface area contributed by atoms with Crippen LogP contribution in [0.15, 0.2) is 30.6 Å². The number of aliphatic hydroxyl groups excluding tert-OH is 1. The number of aliphatic hydroxyl groups is 1. The molecule has 0 bridgehead atoms. The van der Waals surface area contributed by atoms with Crippen molar-refractivity contribution in [1.82, 2.24) is 20.2 Å². The maximum Gasteiger partial charge on any atom is 0.152 e. The summed E-state index contributed by atoms with van der Waals surface area (Å²) in [5, 5.41) is 18.0. The van der Waals surface area contributed by atoms with Gasteiger partial charge in [-0.05, 0) is 43.7 Å². The lowest BCUT2D eigenvalue weighted by molar-refractivity contribution is 0.0975. The molecule has 0 amide bonds. The molecule has 1 spiro atoms. The predicted octanol–water partition coefficient (Wildman–Crippen LogP) is 2.91. The Morgan fingerprint density at radius 3 is 2.89 bits per heavy atom. The molecule has 5 rings (SSSR count). The summed E-state index contributed by atoms with van der Waals surface area (Å²) >= 11 is 0. The summed E-state index contributed by atoms with van der Waals surface area (Å²) in [6, 6.07) is 6.02. The molecule has 28 heavy (non-hydrogen) atoms. The number of aromatic amines is 1. The Labute approximate surface area is 163 Å². The van der Waals surface area contributed by atoms with E-state index in [1.807, 2.05) is 18.2 Å². The van der Waals surface area contributed by atoms with Crippen LogP contribution in [-0.2, 0) is 11.3 Å². The number of aromatic nitrogens is 4. The van der Waals surface area contributed by atoms with Crippen molar-refractivity contribution in [3.63, 3.8) is 0 Å². The normalized spacial score (nSPS) is 21.6. The van der Waals surface area contributed by atoms with E-state index in [2.05, 4.69) is 22.0 Å². The van der Waals surface area contributed by atoms with Crippen molar-refractivity contribution in [3.05, 3.63) is 36.3 Å². The highest BCUT2D eigenvalue weighted by Crippen LogP contribution is 2.42. The van der Waals surface area contributed by atoms with Crippen molar-refractivity contribution >= 4 is 16.7 Å². The maximum atomic E-state index is 9.93. The summed E-state index contributed by atoms with van der Waals surface area (Å²) in [5.74, 6) is 0.803. The lowest BCUT2D eigenvalue weighted by Gasteiger charge is -2.39. The number of hydrogen-bond acceptors (Lipinski definition) is 6. The minimum atomic E-state index is -0.119. The molecule has 2 saturated heterocycles. The number of benzene rings is 1. The quantitative estimate of drug-likeness (QED) is 0.728. The van der Waals surface area contributed by atoms with Gasteiger partial charge in [-0.15, -0.1) is 0 Å². The van der Waals surface area contributed by atoms with Crippen LogP contribution in [0.3, 0.4) is 0 Å². The average molecular weight is 379 g/mol. The van der Waals surface area contributed by atoms with Gasteiger partial charge >= 0.3 is 0 Å². The summed E-state index contributed by atoms with van der Waals surface area (Å²) in [6.07, 6.45) is 7.32. The zero-order valence-electron chi connectivity index (χ0n) is 16.1. The number of rotatable bonds is 3. The molecular weight excluding hydrogens is 354 g/mol. The van der Waals surface area contributed by atoms with Gasteiger partial charge in [-0.3, -0.25) is 5.10 Å². The molecule has 0 saturated carbocycles. The van der Waals surface area contributed by atoms with E-state index >= 15 is 0 Å². The number of hydrogen-bond donors (Lipinski definition) is 2. The first kappa shape index (κ1) is 17.6. The van der Waals surface area contributed by atoms with Gasteiger partial charge in [0.15, 0.2) is 5.82 Å². The molecule has 146 valence electrons. The molecule has 0 radical (unpaired) electrons. The first-order chi connectivity index (χ1) is 13.7. The number of H-pyrrole nitrogens is 1. The lowest BCUT2D eigenvalue weighted by atomic mass is 9.77. The highest BCUT2D eigenvalue weighted by atomic mass is 16.5. The average Bonchev–Trinajstić information content (AvgIpc) is 3.34. The second-order valence-electron chi connectivity index (χ2n) is 8.17. The lowest BCUT2D eigenvalue weighted by Crippen LogP contribution is -2.41. The van der Waals surface area contributed by atoms with Crippen LogP contribution in [0.2, 0.25) is 0 Å². The van der Waals surface area contributed by atoms with Gasteiger partial charge in [0.1, 0.15) is 5.69 Å². The fourth-order valence-corrected chi connectivity index (χ4v) is 4.62. The molecule has 2 aliphatic rings. The SMILES string of the molecule is C[C@H]1CC2(CCN(c3ncc(-c4ccc5[nH]ncc5c4)nc3CO)CC2)CO1. The van der Waals surface area contributed by atoms with Crippen molar-refractivity contribution in [2.24, 2.45) is 5.41 Å². The van der Waals surface area contributed by atoms with E-state index in [4.69, 9.17) is 14.7 Å². The second kappa shape index (κ2) is 6.83. The zero-order valence-corrected chi connectivity index (χ0v) is 16.1. The number of piperidine rings is 1. The van der Waals surface area contributed by atoms with E-state index in [0.29, 0.717) is 17.2 Å². The number of fused-ring (bicyclic) bond motifs is 1. The molecular formula is C21H25N5O2. The third kappa shape index (κ3) is 3.04. The van der Waals surface area contributed by atoms with Crippen molar-refractivity contribution in [3.8, 4) is 11.3 Å². The molecule has 2 N–H and O–H groups in total. The Morgan fingerprint density at radius 1 is 1.29 bits per heavy atom. The van der Waals surface area contributed by atoms with Crippen LogP contribution < -0.4 is 4.90 Å². The van der Waals surface area contributed by atoms with E-state index in [-0.39, 0.29) is 6.61 Å². The number of nitrogens with zero attached hydrogens (tertiary/aromatic N) is 4. The predicted molar refractivity (Wildman–Crippen MR) is 107 cm³/mol. The fraction of sp³-hybridized carbons (Fsp3) is 0.476. The van der Waals surface area contributed by atoms with Crippen molar-refractivity contribution in [2.45, 2.75) is 38.9 Å². The molecule has 7 nitrogen and oxygen atoms in total. The number of anilines is 1. The van der Waals surface area contributed by atoms with Gasteiger partial charge in [0.25, 0.3) is 0 Å². The zero-order chi connectivity index (χ0) is 19.1. The van der Waals surface area contributed by atoms with Crippen LogP contribution in [0, 0.1) is 5.41 Å². The molecule has 0 unspecified atom stereocenters. The van der Waals surface area contributed by atoms with Gasteiger partial charge in [0.2, 0.25) is 0 Å². The number of ether oxygens (including phenoxy) is 1. The first-order valence-electron chi connectivity index (χ1n) is 9.93. The van der Waals surface area contributed by atoms with E-state index < -0.39 is 0 Å². The third-order valence-corrected chi connectivity index (χ3v) is 6.23. The van der Waals surface area contributed by atoms with Crippen molar-refractivity contribution in [2.75, 3.05) is 24.6 Å².